The van der Waals surface area contributed by atoms with Crippen LogP contribution in [0.25, 0.3) is 0 Å². The number of hydrogen-bond donors (Lipinski definition) is 0. The normalized spacial score (nSPS) is 9.71. The standard InChI is InChI=1S/C8H4ClF2NO2/c9-6-2-1-5(12-4-13)3-7(6)14-8(10)11/h1-3,8H. The predicted octanol–water partition coefficient (Wildman–Crippen LogP) is 2.91. The minimum absolute atomic E-state index is 0.0233. The molecule has 14 heavy (non-hydrogen) atoms. The molecule has 0 spiro atoms. The Labute approximate surface area is 83.0 Å². The topological polar surface area (TPSA) is 38.7 Å². The highest BCUT2D eigenvalue weighted by molar-refractivity contribution is 6.32. The van der Waals surface area contributed by atoms with Crippen LogP contribution in [0.3, 0.4) is 0 Å². The number of benzene rings is 1. The Kier molecular flexibility index (Phi) is 3.56. The van der Waals surface area contributed by atoms with E-state index in [4.69, 9.17) is 11.6 Å². The Morgan fingerprint density at radius 1 is 1.50 bits per heavy atom. The van der Waals surface area contributed by atoms with Crippen molar-refractivity contribution in [2.45, 2.75) is 6.61 Å². The van der Waals surface area contributed by atoms with Gasteiger partial charge < -0.3 is 4.74 Å². The number of ether oxygens (including phenoxy) is 1. The van der Waals surface area contributed by atoms with E-state index in [1.807, 2.05) is 0 Å². The first-order valence-corrected chi connectivity index (χ1v) is 3.83. The second-order valence-corrected chi connectivity index (χ2v) is 2.60. The number of halogens is 3. The van der Waals surface area contributed by atoms with E-state index in [2.05, 4.69) is 9.73 Å². The zero-order chi connectivity index (χ0) is 10.6. The third-order valence-corrected chi connectivity index (χ3v) is 1.62. The van der Waals surface area contributed by atoms with Gasteiger partial charge in [0.2, 0.25) is 6.08 Å². The number of aliphatic imine (C=N–C) groups is 1. The van der Waals surface area contributed by atoms with Crippen molar-refractivity contribution in [2.75, 3.05) is 0 Å². The zero-order valence-electron chi connectivity index (χ0n) is 6.71. The van der Waals surface area contributed by atoms with Gasteiger partial charge in [-0.1, -0.05) is 11.6 Å². The highest BCUT2D eigenvalue weighted by Crippen LogP contribution is 2.30. The first-order valence-electron chi connectivity index (χ1n) is 3.45. The Balaban J connectivity index is 3.01. The van der Waals surface area contributed by atoms with E-state index in [1.165, 1.54) is 18.2 Å². The largest absolute Gasteiger partial charge is 0.433 e. The summed E-state index contributed by atoms with van der Waals surface area (Å²) in [5, 5.41) is 0.0233. The molecule has 0 amide bonds. The van der Waals surface area contributed by atoms with Crippen LogP contribution in [-0.2, 0) is 4.79 Å². The fourth-order valence-corrected chi connectivity index (χ4v) is 0.963. The maximum atomic E-state index is 11.8. The lowest BCUT2D eigenvalue weighted by molar-refractivity contribution is -0.0497. The van der Waals surface area contributed by atoms with Gasteiger partial charge in [-0.05, 0) is 12.1 Å². The quantitative estimate of drug-likeness (QED) is 0.579. The van der Waals surface area contributed by atoms with Gasteiger partial charge in [-0.3, -0.25) is 0 Å². The number of hydrogen-bond acceptors (Lipinski definition) is 3. The van der Waals surface area contributed by atoms with Gasteiger partial charge in [0.15, 0.2) is 0 Å². The maximum absolute atomic E-state index is 11.8. The van der Waals surface area contributed by atoms with E-state index < -0.39 is 6.61 Å². The molecular formula is C8H4ClF2NO2. The van der Waals surface area contributed by atoms with Gasteiger partial charge in [0.25, 0.3) is 0 Å². The van der Waals surface area contributed by atoms with Crippen molar-refractivity contribution in [3.05, 3.63) is 23.2 Å². The third-order valence-electron chi connectivity index (χ3n) is 1.31. The highest BCUT2D eigenvalue weighted by atomic mass is 35.5. The van der Waals surface area contributed by atoms with Gasteiger partial charge >= 0.3 is 6.61 Å². The van der Waals surface area contributed by atoms with Gasteiger partial charge in [0.05, 0.1) is 10.7 Å². The van der Waals surface area contributed by atoms with Crippen LogP contribution in [0.5, 0.6) is 5.75 Å². The average molecular weight is 220 g/mol. The Morgan fingerprint density at radius 2 is 2.21 bits per heavy atom. The molecule has 0 aliphatic carbocycles. The van der Waals surface area contributed by atoms with Crippen molar-refractivity contribution in [1.29, 1.82) is 0 Å². The van der Waals surface area contributed by atoms with Gasteiger partial charge in [-0.15, -0.1) is 0 Å². The minimum atomic E-state index is -2.97. The third kappa shape index (κ3) is 2.80. The van der Waals surface area contributed by atoms with Gasteiger partial charge in [0.1, 0.15) is 5.75 Å². The molecule has 0 saturated heterocycles. The lowest BCUT2D eigenvalue weighted by atomic mass is 10.3. The van der Waals surface area contributed by atoms with Crippen LogP contribution in [0, 0.1) is 0 Å². The molecule has 0 bridgehead atoms. The van der Waals surface area contributed by atoms with Crippen molar-refractivity contribution in [3.8, 4) is 5.75 Å². The Hall–Kier alpha value is -1.45. The van der Waals surface area contributed by atoms with E-state index in [0.717, 1.165) is 6.07 Å². The number of nitrogens with zero attached hydrogens (tertiary/aromatic N) is 1. The molecule has 74 valence electrons. The Bertz CT molecular complexity index is 378. The summed E-state index contributed by atoms with van der Waals surface area (Å²) >= 11 is 5.54. The van der Waals surface area contributed by atoms with E-state index in [1.54, 1.807) is 0 Å². The lowest BCUT2D eigenvalue weighted by Crippen LogP contribution is -2.01. The first-order chi connectivity index (χ1) is 6.63. The number of carbonyl (C=O) groups excluding carboxylic acids is 1. The molecule has 1 aromatic carbocycles. The lowest BCUT2D eigenvalue weighted by Gasteiger charge is -2.05. The van der Waals surface area contributed by atoms with Crippen molar-refractivity contribution >= 4 is 23.4 Å². The molecule has 0 fully saturated rings. The van der Waals surface area contributed by atoms with Crippen LogP contribution in [0.4, 0.5) is 14.5 Å². The monoisotopic (exact) mass is 219 g/mol. The number of rotatable bonds is 3. The van der Waals surface area contributed by atoms with Crippen LogP contribution in [-0.4, -0.2) is 12.7 Å². The van der Waals surface area contributed by atoms with Gasteiger partial charge in [-0.25, -0.2) is 4.79 Å². The first kappa shape index (κ1) is 10.6. The molecular weight excluding hydrogens is 216 g/mol. The number of alkyl halides is 2. The minimum Gasteiger partial charge on any atom is -0.433 e. The molecule has 1 aromatic rings. The van der Waals surface area contributed by atoms with Crippen molar-refractivity contribution in [1.82, 2.24) is 0 Å². The fraction of sp³-hybridized carbons (Fsp3) is 0.125. The highest BCUT2D eigenvalue weighted by Gasteiger charge is 2.08. The molecule has 0 N–H and O–H groups in total. The fourth-order valence-electron chi connectivity index (χ4n) is 0.801. The second kappa shape index (κ2) is 4.69. The van der Waals surface area contributed by atoms with E-state index >= 15 is 0 Å². The van der Waals surface area contributed by atoms with Crippen LogP contribution in [0.1, 0.15) is 0 Å². The van der Waals surface area contributed by atoms with Crippen LogP contribution >= 0.6 is 11.6 Å². The molecule has 6 heteroatoms. The number of isocyanates is 1. The summed E-state index contributed by atoms with van der Waals surface area (Å²) in [4.78, 5) is 13.1. The molecule has 0 atom stereocenters. The van der Waals surface area contributed by atoms with Crippen LogP contribution in [0.15, 0.2) is 23.2 Å². The molecule has 0 radical (unpaired) electrons. The molecule has 0 heterocycles. The summed E-state index contributed by atoms with van der Waals surface area (Å²) in [5.41, 5.74) is 0.153. The summed E-state index contributed by atoms with van der Waals surface area (Å²) in [5.74, 6) is -0.224. The van der Waals surface area contributed by atoms with Crippen LogP contribution < -0.4 is 4.74 Å². The maximum Gasteiger partial charge on any atom is 0.387 e. The summed E-state index contributed by atoms with van der Waals surface area (Å²) in [6.07, 6.45) is 1.27. The van der Waals surface area contributed by atoms with Gasteiger partial charge in [-0.2, -0.15) is 13.8 Å². The summed E-state index contributed by atoms with van der Waals surface area (Å²) in [6, 6.07) is 3.81. The molecule has 0 saturated carbocycles. The molecule has 0 aliphatic heterocycles. The Morgan fingerprint density at radius 3 is 2.79 bits per heavy atom. The van der Waals surface area contributed by atoms with E-state index in [9.17, 15) is 13.6 Å². The summed E-state index contributed by atoms with van der Waals surface area (Å²) < 4.78 is 27.7. The van der Waals surface area contributed by atoms with E-state index in [0.29, 0.717) is 0 Å². The smallest absolute Gasteiger partial charge is 0.387 e. The zero-order valence-corrected chi connectivity index (χ0v) is 7.46. The summed E-state index contributed by atoms with van der Waals surface area (Å²) in [6.45, 7) is -2.97. The second-order valence-electron chi connectivity index (χ2n) is 2.20. The van der Waals surface area contributed by atoms with Gasteiger partial charge in [0, 0.05) is 6.07 Å². The average Bonchev–Trinajstić information content (AvgIpc) is 2.10. The van der Waals surface area contributed by atoms with Crippen LogP contribution in [0.2, 0.25) is 5.02 Å². The molecule has 0 aliphatic rings. The molecule has 1 rings (SSSR count). The van der Waals surface area contributed by atoms with Crippen molar-refractivity contribution in [3.63, 3.8) is 0 Å². The predicted molar refractivity (Wildman–Crippen MR) is 45.9 cm³/mol. The molecule has 0 aromatic heterocycles. The SMILES string of the molecule is O=C=Nc1ccc(Cl)c(OC(F)F)c1. The van der Waals surface area contributed by atoms with Crippen molar-refractivity contribution < 1.29 is 18.3 Å². The van der Waals surface area contributed by atoms with Crippen molar-refractivity contribution in [2.24, 2.45) is 4.99 Å². The van der Waals surface area contributed by atoms with E-state index in [-0.39, 0.29) is 16.5 Å². The molecule has 0 unspecified atom stereocenters. The summed E-state index contributed by atoms with van der Waals surface area (Å²) in [7, 11) is 0. The molecule has 3 nitrogen and oxygen atoms in total.